The molecule has 164 valence electrons. The molecule has 0 bridgehead atoms. The first kappa shape index (κ1) is 22.7. The average Bonchev–Trinajstić information content (AvgIpc) is 3.22. The van der Waals surface area contributed by atoms with Gasteiger partial charge in [0.25, 0.3) is 0 Å². The van der Waals surface area contributed by atoms with E-state index in [2.05, 4.69) is 36.1 Å². The van der Waals surface area contributed by atoms with Crippen molar-refractivity contribution in [2.75, 3.05) is 6.61 Å². The zero-order valence-corrected chi connectivity index (χ0v) is 18.2. The Bertz CT molecular complexity index is 1010. The normalized spacial score (nSPS) is 10.9. The van der Waals surface area contributed by atoms with Crippen LogP contribution in [0.2, 0.25) is 0 Å². The number of hydrogen-bond donors (Lipinski definition) is 1. The van der Waals surface area contributed by atoms with E-state index in [4.69, 9.17) is 9.26 Å². The van der Waals surface area contributed by atoms with Crippen LogP contribution in [0, 0.1) is 0 Å². The van der Waals surface area contributed by atoms with Crippen LogP contribution in [-0.2, 0) is 17.8 Å². The Balaban J connectivity index is 1.52. The zero-order chi connectivity index (χ0) is 22.2. The Morgan fingerprint density at radius 3 is 2.71 bits per heavy atom. The molecule has 1 heterocycles. The molecule has 0 unspecified atom stereocenters. The molecule has 0 aliphatic rings. The summed E-state index contributed by atoms with van der Waals surface area (Å²) in [7, 11) is 0. The predicted molar refractivity (Wildman–Crippen MR) is 112 cm³/mol. The third-order valence-corrected chi connectivity index (χ3v) is 4.67. The number of alkyl halides is 2. The highest BCUT2D eigenvalue weighted by molar-refractivity contribution is 9.10. The van der Waals surface area contributed by atoms with E-state index in [-0.39, 0.29) is 31.0 Å². The average molecular weight is 496 g/mol. The highest BCUT2D eigenvalue weighted by atomic mass is 79.9. The summed E-state index contributed by atoms with van der Waals surface area (Å²) >= 11 is 3.27. The molecule has 1 aromatic heterocycles. The van der Waals surface area contributed by atoms with Gasteiger partial charge >= 0.3 is 6.61 Å². The smallest absolute Gasteiger partial charge is 0.387 e. The maximum Gasteiger partial charge on any atom is 0.387 e. The van der Waals surface area contributed by atoms with Gasteiger partial charge in [-0.25, -0.2) is 0 Å². The molecule has 10 heteroatoms. The molecule has 1 N–H and O–H groups in total. The Labute approximate surface area is 185 Å². The number of hydrogen-bond acceptors (Lipinski definition) is 6. The molecule has 0 saturated heterocycles. The fourth-order valence-corrected chi connectivity index (χ4v) is 3.15. The van der Waals surface area contributed by atoms with Gasteiger partial charge in [-0.2, -0.15) is 13.8 Å². The second kappa shape index (κ2) is 10.9. The molecule has 7 nitrogen and oxygen atoms in total. The van der Waals surface area contributed by atoms with Crippen LogP contribution in [0.4, 0.5) is 8.78 Å². The Morgan fingerprint density at radius 2 is 2.00 bits per heavy atom. The molecule has 0 aliphatic heterocycles. The topological polar surface area (TPSA) is 86.5 Å². The first-order valence-corrected chi connectivity index (χ1v) is 10.3. The molecule has 3 aromatic rings. The lowest BCUT2D eigenvalue weighted by atomic mass is 10.2. The van der Waals surface area contributed by atoms with Crippen molar-refractivity contribution in [3.63, 3.8) is 0 Å². The summed E-state index contributed by atoms with van der Waals surface area (Å²) in [6, 6.07) is 11.9. The molecule has 0 saturated carbocycles. The van der Waals surface area contributed by atoms with Crippen molar-refractivity contribution in [1.82, 2.24) is 15.5 Å². The molecule has 3 rings (SSSR count). The number of carbonyl (C=O) groups excluding carboxylic acids is 1. The summed E-state index contributed by atoms with van der Waals surface area (Å²) in [4.78, 5) is 16.5. The minimum atomic E-state index is -2.95. The Kier molecular flexibility index (Phi) is 7.94. The molecule has 2 aromatic carbocycles. The second-order valence-electron chi connectivity index (χ2n) is 6.38. The largest absolute Gasteiger partial charge is 0.494 e. The van der Waals surface area contributed by atoms with Crippen LogP contribution in [0.3, 0.4) is 0 Å². The van der Waals surface area contributed by atoms with E-state index in [1.165, 1.54) is 6.07 Å². The van der Waals surface area contributed by atoms with Crippen molar-refractivity contribution in [3.05, 3.63) is 58.4 Å². The lowest BCUT2D eigenvalue weighted by Crippen LogP contribution is -2.23. The lowest BCUT2D eigenvalue weighted by Gasteiger charge is -2.12. The van der Waals surface area contributed by atoms with E-state index >= 15 is 0 Å². The van der Waals surface area contributed by atoms with E-state index in [0.29, 0.717) is 28.4 Å². The van der Waals surface area contributed by atoms with Gasteiger partial charge in [0.15, 0.2) is 0 Å². The fraction of sp³-hybridized carbons (Fsp3) is 0.286. The second-order valence-corrected chi connectivity index (χ2v) is 7.29. The van der Waals surface area contributed by atoms with E-state index in [0.717, 1.165) is 11.3 Å². The maximum atomic E-state index is 12.5. The van der Waals surface area contributed by atoms with Crippen molar-refractivity contribution in [1.29, 1.82) is 0 Å². The Morgan fingerprint density at radius 1 is 1.23 bits per heavy atom. The number of nitrogens with zero attached hydrogens (tertiary/aromatic N) is 2. The van der Waals surface area contributed by atoms with Gasteiger partial charge in [0.1, 0.15) is 11.5 Å². The first-order chi connectivity index (χ1) is 14.9. The summed E-state index contributed by atoms with van der Waals surface area (Å²) < 4.78 is 40.8. The molecular weight excluding hydrogens is 476 g/mol. The number of carbonyl (C=O) groups is 1. The molecule has 31 heavy (non-hydrogen) atoms. The summed E-state index contributed by atoms with van der Waals surface area (Å²) in [5.74, 6) is 1.21. The quantitative estimate of drug-likeness (QED) is 0.436. The summed E-state index contributed by atoms with van der Waals surface area (Å²) in [5, 5.41) is 6.61. The van der Waals surface area contributed by atoms with Crippen LogP contribution in [0.25, 0.3) is 11.4 Å². The third kappa shape index (κ3) is 6.74. The summed E-state index contributed by atoms with van der Waals surface area (Å²) in [6.45, 7) is -0.417. The number of halogens is 3. The molecular formula is C21H20BrF2N3O4. The van der Waals surface area contributed by atoms with Crippen LogP contribution in [0.1, 0.15) is 24.8 Å². The standard InChI is InChI=1S/C21H20BrF2N3O4/c1-2-29-16-6-3-13(4-7-16)20-26-19(31-27-20)10-9-18(28)25-12-14-11-15(22)5-8-17(14)30-21(23)24/h3-8,11,21H,2,9-10,12H2,1H3,(H,25,28). The van der Waals surface area contributed by atoms with Crippen molar-refractivity contribution in [2.45, 2.75) is 32.9 Å². The zero-order valence-electron chi connectivity index (χ0n) is 16.6. The van der Waals surface area contributed by atoms with E-state index in [1.807, 2.05) is 31.2 Å². The van der Waals surface area contributed by atoms with Crippen LogP contribution >= 0.6 is 15.9 Å². The molecule has 0 atom stereocenters. The van der Waals surface area contributed by atoms with Crippen LogP contribution < -0.4 is 14.8 Å². The molecule has 0 fully saturated rings. The number of aryl methyl sites for hydroxylation is 1. The van der Waals surface area contributed by atoms with Crippen molar-refractivity contribution < 1.29 is 27.6 Å². The summed E-state index contributed by atoms with van der Waals surface area (Å²) in [6.07, 6.45) is 0.346. The number of aromatic nitrogens is 2. The van der Waals surface area contributed by atoms with Crippen LogP contribution in [0.15, 0.2) is 51.5 Å². The van der Waals surface area contributed by atoms with Crippen molar-refractivity contribution >= 4 is 21.8 Å². The van der Waals surface area contributed by atoms with Gasteiger partial charge in [0.2, 0.25) is 17.6 Å². The third-order valence-electron chi connectivity index (χ3n) is 4.17. The van der Waals surface area contributed by atoms with E-state index in [9.17, 15) is 13.6 Å². The fourth-order valence-electron chi connectivity index (χ4n) is 2.74. The number of rotatable bonds is 10. The first-order valence-electron chi connectivity index (χ1n) is 9.50. The SMILES string of the molecule is CCOc1ccc(-c2noc(CCC(=O)NCc3cc(Br)ccc3OC(F)F)n2)cc1. The summed E-state index contributed by atoms with van der Waals surface area (Å²) in [5.41, 5.74) is 1.20. The number of ether oxygens (including phenoxy) is 2. The highest BCUT2D eigenvalue weighted by Crippen LogP contribution is 2.25. The Hall–Kier alpha value is -3.01. The predicted octanol–water partition coefficient (Wildman–Crippen LogP) is 4.75. The van der Waals surface area contributed by atoms with Crippen LogP contribution in [0.5, 0.6) is 11.5 Å². The number of nitrogens with one attached hydrogen (secondary N) is 1. The monoisotopic (exact) mass is 495 g/mol. The van der Waals surface area contributed by atoms with Gasteiger partial charge in [-0.1, -0.05) is 21.1 Å². The molecule has 0 radical (unpaired) electrons. The van der Waals surface area contributed by atoms with E-state index < -0.39 is 6.61 Å². The minimum Gasteiger partial charge on any atom is -0.494 e. The minimum absolute atomic E-state index is 0.00963. The van der Waals surface area contributed by atoms with Crippen molar-refractivity contribution in [2.24, 2.45) is 0 Å². The maximum absolute atomic E-state index is 12.5. The van der Waals surface area contributed by atoms with Gasteiger partial charge in [0, 0.05) is 35.0 Å². The van der Waals surface area contributed by atoms with Gasteiger partial charge in [0.05, 0.1) is 6.61 Å². The van der Waals surface area contributed by atoms with Gasteiger partial charge in [-0.05, 0) is 49.4 Å². The lowest BCUT2D eigenvalue weighted by molar-refractivity contribution is -0.121. The molecule has 0 spiro atoms. The van der Waals surface area contributed by atoms with E-state index in [1.54, 1.807) is 12.1 Å². The number of benzene rings is 2. The van der Waals surface area contributed by atoms with Gasteiger partial charge < -0.3 is 19.3 Å². The van der Waals surface area contributed by atoms with Crippen molar-refractivity contribution in [3.8, 4) is 22.9 Å². The highest BCUT2D eigenvalue weighted by Gasteiger charge is 2.13. The van der Waals surface area contributed by atoms with Gasteiger partial charge in [-0.3, -0.25) is 4.79 Å². The molecule has 1 amide bonds. The number of amides is 1. The van der Waals surface area contributed by atoms with Gasteiger partial charge in [-0.15, -0.1) is 0 Å². The van der Waals surface area contributed by atoms with Crippen LogP contribution in [-0.4, -0.2) is 29.3 Å². The molecule has 0 aliphatic carbocycles.